The largest absolute Gasteiger partial charge is 0.493 e. The molecule has 0 spiro atoms. The number of hydrogen-bond acceptors (Lipinski definition) is 4. The average Bonchev–Trinajstić information content (AvgIpc) is 2.45. The molecule has 2 atom stereocenters. The van der Waals surface area contributed by atoms with Gasteiger partial charge in [0.2, 0.25) is 0 Å². The standard InChI is InChI=1S/C16H21NO4/c1-10(2)13(9-17)12(8-16(18)19)11-5-6-14(20-3)15(7-11)21-4/h5-7,10,12-13H,8H2,1-4H3,(H,18,19)/t12-,13?/m1/s1. The molecule has 5 heteroatoms. The van der Waals surface area contributed by atoms with Crippen molar-refractivity contribution in [3.8, 4) is 17.6 Å². The molecule has 1 aromatic rings. The molecule has 1 N–H and O–H groups in total. The van der Waals surface area contributed by atoms with Crippen LogP contribution in [0.1, 0.15) is 31.7 Å². The second-order valence-electron chi connectivity index (χ2n) is 5.22. The van der Waals surface area contributed by atoms with Crippen LogP contribution in [-0.2, 0) is 4.79 Å². The van der Waals surface area contributed by atoms with Crippen LogP contribution in [0.2, 0.25) is 0 Å². The highest BCUT2D eigenvalue weighted by molar-refractivity contribution is 5.68. The van der Waals surface area contributed by atoms with E-state index in [0.717, 1.165) is 5.56 Å². The Kier molecular flexibility index (Phi) is 6.04. The number of hydrogen-bond donors (Lipinski definition) is 1. The molecule has 0 aliphatic heterocycles. The van der Waals surface area contributed by atoms with E-state index in [1.807, 2.05) is 13.8 Å². The van der Waals surface area contributed by atoms with Gasteiger partial charge < -0.3 is 14.6 Å². The minimum atomic E-state index is -0.921. The van der Waals surface area contributed by atoms with Crippen LogP contribution in [0.15, 0.2) is 18.2 Å². The molecule has 1 rings (SSSR count). The molecular weight excluding hydrogens is 270 g/mol. The molecule has 0 heterocycles. The summed E-state index contributed by atoms with van der Waals surface area (Å²) < 4.78 is 10.4. The fourth-order valence-corrected chi connectivity index (χ4v) is 2.43. The lowest BCUT2D eigenvalue weighted by molar-refractivity contribution is -0.137. The third-order valence-corrected chi connectivity index (χ3v) is 3.53. The second kappa shape index (κ2) is 7.53. The van der Waals surface area contributed by atoms with Crippen molar-refractivity contribution >= 4 is 5.97 Å². The zero-order valence-electron chi connectivity index (χ0n) is 12.8. The predicted octanol–water partition coefficient (Wildman–Crippen LogP) is 3.06. The summed E-state index contributed by atoms with van der Waals surface area (Å²) in [5, 5.41) is 18.5. The summed E-state index contributed by atoms with van der Waals surface area (Å²) in [6, 6.07) is 7.51. The van der Waals surface area contributed by atoms with E-state index < -0.39 is 5.97 Å². The number of rotatable bonds is 7. The first-order valence-electron chi connectivity index (χ1n) is 6.77. The lowest BCUT2D eigenvalue weighted by atomic mass is 9.78. The quantitative estimate of drug-likeness (QED) is 0.835. The summed E-state index contributed by atoms with van der Waals surface area (Å²) >= 11 is 0. The molecule has 1 unspecified atom stereocenters. The maximum Gasteiger partial charge on any atom is 0.304 e. The van der Waals surface area contributed by atoms with Crippen LogP contribution in [0.5, 0.6) is 11.5 Å². The second-order valence-corrected chi connectivity index (χ2v) is 5.22. The summed E-state index contributed by atoms with van der Waals surface area (Å²) in [6.07, 6.45) is -0.0914. The molecule has 0 aliphatic carbocycles. The van der Waals surface area contributed by atoms with Gasteiger partial charge in [0.1, 0.15) is 0 Å². The summed E-state index contributed by atoms with van der Waals surface area (Å²) in [5.41, 5.74) is 0.773. The molecule has 114 valence electrons. The van der Waals surface area contributed by atoms with Gasteiger partial charge in [0, 0.05) is 5.92 Å². The van der Waals surface area contributed by atoms with Gasteiger partial charge in [-0.1, -0.05) is 19.9 Å². The van der Waals surface area contributed by atoms with E-state index in [-0.39, 0.29) is 24.2 Å². The van der Waals surface area contributed by atoms with Crippen LogP contribution in [0.4, 0.5) is 0 Å². The van der Waals surface area contributed by atoms with Gasteiger partial charge in [0.05, 0.1) is 32.6 Å². The fourth-order valence-electron chi connectivity index (χ4n) is 2.43. The predicted molar refractivity (Wildman–Crippen MR) is 78.5 cm³/mol. The number of methoxy groups -OCH3 is 2. The van der Waals surface area contributed by atoms with Gasteiger partial charge in [-0.15, -0.1) is 0 Å². The van der Waals surface area contributed by atoms with E-state index in [1.54, 1.807) is 25.3 Å². The first-order valence-corrected chi connectivity index (χ1v) is 6.77. The Balaban J connectivity index is 3.26. The number of nitriles is 1. The average molecular weight is 291 g/mol. The Morgan fingerprint density at radius 2 is 1.90 bits per heavy atom. The van der Waals surface area contributed by atoms with Gasteiger partial charge in [0.25, 0.3) is 0 Å². The lowest BCUT2D eigenvalue weighted by Crippen LogP contribution is -2.20. The Bertz CT molecular complexity index is 534. The van der Waals surface area contributed by atoms with Crippen molar-refractivity contribution in [1.82, 2.24) is 0 Å². The summed E-state index contributed by atoms with van der Waals surface area (Å²) in [4.78, 5) is 11.1. The topological polar surface area (TPSA) is 79.5 Å². The van der Waals surface area contributed by atoms with Crippen molar-refractivity contribution in [2.45, 2.75) is 26.2 Å². The van der Waals surface area contributed by atoms with Crippen molar-refractivity contribution in [3.63, 3.8) is 0 Å². The van der Waals surface area contributed by atoms with E-state index in [4.69, 9.17) is 14.6 Å². The Morgan fingerprint density at radius 3 is 2.33 bits per heavy atom. The summed E-state index contributed by atoms with van der Waals surface area (Å²) in [6.45, 7) is 3.84. The van der Waals surface area contributed by atoms with Gasteiger partial charge in [-0.05, 0) is 23.6 Å². The van der Waals surface area contributed by atoms with E-state index in [2.05, 4.69) is 6.07 Å². The molecule has 0 fully saturated rings. The highest BCUT2D eigenvalue weighted by Crippen LogP contribution is 2.37. The summed E-state index contributed by atoms with van der Waals surface area (Å²) in [5.74, 6) is -0.506. The molecule has 0 saturated carbocycles. The highest BCUT2D eigenvalue weighted by Gasteiger charge is 2.29. The maximum absolute atomic E-state index is 11.1. The third-order valence-electron chi connectivity index (χ3n) is 3.53. The van der Waals surface area contributed by atoms with E-state index in [1.165, 1.54) is 7.11 Å². The SMILES string of the molecule is COc1ccc([C@@H](CC(=O)O)C(C#N)C(C)C)cc1OC. The van der Waals surface area contributed by atoms with Crippen molar-refractivity contribution in [1.29, 1.82) is 5.26 Å². The number of ether oxygens (including phenoxy) is 2. The molecule has 0 saturated heterocycles. The zero-order valence-corrected chi connectivity index (χ0v) is 12.8. The van der Waals surface area contributed by atoms with Gasteiger partial charge >= 0.3 is 5.97 Å². The lowest BCUT2D eigenvalue weighted by Gasteiger charge is -2.24. The van der Waals surface area contributed by atoms with Crippen LogP contribution in [0.25, 0.3) is 0 Å². The molecule has 0 aliphatic rings. The van der Waals surface area contributed by atoms with Gasteiger partial charge in [0.15, 0.2) is 11.5 Å². The fraction of sp³-hybridized carbons (Fsp3) is 0.500. The highest BCUT2D eigenvalue weighted by atomic mass is 16.5. The number of carbonyl (C=O) groups is 1. The number of nitrogens with zero attached hydrogens (tertiary/aromatic N) is 1. The minimum Gasteiger partial charge on any atom is -0.493 e. The van der Waals surface area contributed by atoms with Crippen molar-refractivity contribution in [2.75, 3.05) is 14.2 Å². The third kappa shape index (κ3) is 4.12. The Hall–Kier alpha value is -2.22. The Labute approximate surface area is 125 Å². The van der Waals surface area contributed by atoms with Crippen molar-refractivity contribution in [3.05, 3.63) is 23.8 Å². The van der Waals surface area contributed by atoms with Gasteiger partial charge in [-0.2, -0.15) is 5.26 Å². The van der Waals surface area contributed by atoms with Crippen LogP contribution >= 0.6 is 0 Å². The van der Waals surface area contributed by atoms with Crippen molar-refractivity contribution in [2.24, 2.45) is 11.8 Å². The molecular formula is C16H21NO4. The van der Waals surface area contributed by atoms with Crippen LogP contribution < -0.4 is 9.47 Å². The first-order chi connectivity index (χ1) is 9.94. The van der Waals surface area contributed by atoms with Gasteiger partial charge in [-0.25, -0.2) is 0 Å². The zero-order chi connectivity index (χ0) is 16.0. The monoisotopic (exact) mass is 291 g/mol. The molecule has 0 aromatic heterocycles. The number of carboxylic acids is 1. The molecule has 0 amide bonds. The smallest absolute Gasteiger partial charge is 0.304 e. The van der Waals surface area contributed by atoms with E-state index in [9.17, 15) is 10.1 Å². The number of carboxylic acid groups (broad SMARTS) is 1. The summed E-state index contributed by atoms with van der Waals surface area (Å²) in [7, 11) is 3.07. The van der Waals surface area contributed by atoms with Crippen molar-refractivity contribution < 1.29 is 19.4 Å². The van der Waals surface area contributed by atoms with E-state index >= 15 is 0 Å². The maximum atomic E-state index is 11.1. The van der Waals surface area contributed by atoms with Crippen LogP contribution in [0.3, 0.4) is 0 Å². The molecule has 0 radical (unpaired) electrons. The normalized spacial score (nSPS) is 13.3. The van der Waals surface area contributed by atoms with Crippen LogP contribution in [0, 0.1) is 23.2 Å². The number of aliphatic carboxylic acids is 1. The molecule has 5 nitrogen and oxygen atoms in total. The molecule has 1 aromatic carbocycles. The Morgan fingerprint density at radius 1 is 1.29 bits per heavy atom. The van der Waals surface area contributed by atoms with Gasteiger partial charge in [-0.3, -0.25) is 4.79 Å². The first kappa shape index (κ1) is 16.8. The van der Waals surface area contributed by atoms with Crippen LogP contribution in [-0.4, -0.2) is 25.3 Å². The molecule has 0 bridgehead atoms. The minimum absolute atomic E-state index is 0.0625. The molecule has 21 heavy (non-hydrogen) atoms. The van der Waals surface area contributed by atoms with E-state index in [0.29, 0.717) is 11.5 Å². The number of benzene rings is 1.